The Bertz CT molecular complexity index is 597. The van der Waals surface area contributed by atoms with Crippen LogP contribution in [0.25, 0.3) is 0 Å². The van der Waals surface area contributed by atoms with Crippen LogP contribution in [0.3, 0.4) is 0 Å². The van der Waals surface area contributed by atoms with Gasteiger partial charge in [0.1, 0.15) is 0 Å². The van der Waals surface area contributed by atoms with Crippen molar-refractivity contribution in [1.29, 1.82) is 0 Å². The van der Waals surface area contributed by atoms with Crippen molar-refractivity contribution in [3.63, 3.8) is 0 Å². The summed E-state index contributed by atoms with van der Waals surface area (Å²) in [5.41, 5.74) is 0.850. The summed E-state index contributed by atoms with van der Waals surface area (Å²) in [5, 5.41) is 0. The van der Waals surface area contributed by atoms with Crippen molar-refractivity contribution in [1.82, 2.24) is 9.55 Å². The molecule has 0 aliphatic heterocycles. The molecular formula is C14H18N2O2. The Hall–Kier alpha value is -2.10. The summed E-state index contributed by atoms with van der Waals surface area (Å²) in [5.74, 6) is 0. The molecule has 0 spiro atoms. The van der Waals surface area contributed by atoms with Gasteiger partial charge in [-0.25, -0.2) is 4.79 Å². The summed E-state index contributed by atoms with van der Waals surface area (Å²) < 4.78 is 1.20. The average Bonchev–Trinajstić information content (AvgIpc) is 2.43. The van der Waals surface area contributed by atoms with Crippen LogP contribution in [-0.4, -0.2) is 9.55 Å². The van der Waals surface area contributed by atoms with Gasteiger partial charge in [-0.2, -0.15) is 0 Å². The molecule has 0 fully saturated rings. The molecule has 2 aromatic rings. The van der Waals surface area contributed by atoms with Crippen molar-refractivity contribution < 1.29 is 0 Å². The zero-order valence-corrected chi connectivity index (χ0v) is 10.9. The molecule has 0 bridgehead atoms. The molecule has 0 unspecified atom stereocenters. The summed E-state index contributed by atoms with van der Waals surface area (Å²) in [6, 6.07) is 9.42. The van der Waals surface area contributed by atoms with Gasteiger partial charge in [-0.05, 0) is 12.5 Å². The quantitative estimate of drug-likeness (QED) is 0.880. The minimum atomic E-state index is -0.376. The largest absolute Gasteiger partial charge is 0.328 e. The fourth-order valence-electron chi connectivity index (χ4n) is 1.52. The Balaban J connectivity index is 0.000000771. The van der Waals surface area contributed by atoms with Crippen LogP contribution in [0.5, 0.6) is 0 Å². The van der Waals surface area contributed by atoms with Crippen LogP contribution in [0.2, 0.25) is 0 Å². The zero-order chi connectivity index (χ0) is 13.5. The van der Waals surface area contributed by atoms with E-state index >= 15 is 0 Å². The van der Waals surface area contributed by atoms with Crippen molar-refractivity contribution in [2.24, 2.45) is 0 Å². The van der Waals surface area contributed by atoms with E-state index in [0.29, 0.717) is 12.1 Å². The highest BCUT2D eigenvalue weighted by Gasteiger charge is 2.04. The maximum absolute atomic E-state index is 11.7. The summed E-state index contributed by atoms with van der Waals surface area (Å²) in [7, 11) is 0. The van der Waals surface area contributed by atoms with E-state index in [2.05, 4.69) is 4.98 Å². The van der Waals surface area contributed by atoms with Gasteiger partial charge in [-0.15, -0.1) is 0 Å². The number of aromatic amines is 1. The Morgan fingerprint density at radius 1 is 1.11 bits per heavy atom. The molecule has 96 valence electrons. The zero-order valence-electron chi connectivity index (χ0n) is 10.9. The Labute approximate surface area is 106 Å². The van der Waals surface area contributed by atoms with Gasteiger partial charge in [-0.3, -0.25) is 9.36 Å². The lowest BCUT2D eigenvalue weighted by molar-refractivity contribution is 0.691. The molecule has 1 N–H and O–H groups in total. The van der Waals surface area contributed by atoms with E-state index in [9.17, 15) is 9.59 Å². The van der Waals surface area contributed by atoms with Crippen molar-refractivity contribution >= 4 is 0 Å². The number of aromatic nitrogens is 2. The lowest BCUT2D eigenvalue weighted by Crippen LogP contribution is -2.36. The molecule has 0 aliphatic carbocycles. The number of aryl methyl sites for hydroxylation is 1. The second-order valence-electron chi connectivity index (χ2n) is 3.65. The Morgan fingerprint density at radius 3 is 2.33 bits per heavy atom. The van der Waals surface area contributed by atoms with Crippen LogP contribution < -0.4 is 11.2 Å². The van der Waals surface area contributed by atoms with E-state index in [1.165, 1.54) is 10.8 Å². The first kappa shape index (κ1) is 14.0. The highest BCUT2D eigenvalue weighted by molar-refractivity contribution is 5.15. The van der Waals surface area contributed by atoms with Crippen LogP contribution in [-0.2, 0) is 6.54 Å². The van der Waals surface area contributed by atoms with Crippen LogP contribution in [0, 0.1) is 6.92 Å². The first-order valence-electron chi connectivity index (χ1n) is 6.01. The van der Waals surface area contributed by atoms with Gasteiger partial charge < -0.3 is 4.98 Å². The maximum Gasteiger partial charge on any atom is 0.328 e. The lowest BCUT2D eigenvalue weighted by atomic mass is 10.2. The molecule has 0 amide bonds. The monoisotopic (exact) mass is 246 g/mol. The van der Waals surface area contributed by atoms with Crippen molar-refractivity contribution in [3.8, 4) is 0 Å². The first-order chi connectivity index (χ1) is 8.68. The van der Waals surface area contributed by atoms with Gasteiger partial charge in [-0.1, -0.05) is 44.2 Å². The third-order valence-electron chi connectivity index (χ3n) is 2.42. The van der Waals surface area contributed by atoms with E-state index in [-0.39, 0.29) is 11.2 Å². The third-order valence-corrected chi connectivity index (χ3v) is 2.42. The van der Waals surface area contributed by atoms with Crippen LogP contribution >= 0.6 is 0 Å². The topological polar surface area (TPSA) is 54.9 Å². The Morgan fingerprint density at radius 2 is 1.72 bits per heavy atom. The van der Waals surface area contributed by atoms with Gasteiger partial charge in [0.2, 0.25) is 0 Å². The van der Waals surface area contributed by atoms with Gasteiger partial charge in [0.25, 0.3) is 5.56 Å². The van der Waals surface area contributed by atoms with Crippen molar-refractivity contribution in [3.05, 3.63) is 68.5 Å². The van der Waals surface area contributed by atoms with Gasteiger partial charge in [0.05, 0.1) is 6.54 Å². The normalized spacial score (nSPS) is 9.50. The number of hydrogen-bond donors (Lipinski definition) is 1. The number of hydrogen-bond acceptors (Lipinski definition) is 2. The standard InChI is InChI=1S/C12H12N2O2.C2H6/c1-9-7-13-12(16)14(11(9)15)8-10-5-3-2-4-6-10;1-2/h2-7H,8H2,1H3,(H,13,16);1-2H3. The second-order valence-corrected chi connectivity index (χ2v) is 3.65. The second kappa shape index (κ2) is 6.59. The van der Waals surface area contributed by atoms with Crippen LogP contribution in [0.15, 0.2) is 46.1 Å². The molecule has 0 saturated heterocycles. The SMILES string of the molecule is CC.Cc1c[nH]c(=O)n(Cc2ccccc2)c1=O. The molecule has 0 aliphatic rings. The molecular weight excluding hydrogens is 228 g/mol. The molecule has 0 saturated carbocycles. The van der Waals surface area contributed by atoms with Gasteiger partial charge in [0, 0.05) is 11.8 Å². The smallest absolute Gasteiger partial charge is 0.314 e. The number of benzene rings is 1. The predicted molar refractivity (Wildman–Crippen MR) is 73.0 cm³/mol. The molecule has 0 atom stereocenters. The number of nitrogens with one attached hydrogen (secondary N) is 1. The van der Waals surface area contributed by atoms with Crippen LogP contribution in [0.1, 0.15) is 25.0 Å². The molecule has 4 heteroatoms. The average molecular weight is 246 g/mol. The molecule has 2 rings (SSSR count). The summed E-state index contributed by atoms with van der Waals surface area (Å²) >= 11 is 0. The van der Waals surface area contributed by atoms with E-state index in [1.54, 1.807) is 6.92 Å². The predicted octanol–water partition coefficient (Wildman–Crippen LogP) is 1.92. The minimum Gasteiger partial charge on any atom is -0.314 e. The van der Waals surface area contributed by atoms with Crippen molar-refractivity contribution in [2.75, 3.05) is 0 Å². The minimum absolute atomic E-state index is 0.243. The van der Waals surface area contributed by atoms with Crippen molar-refractivity contribution in [2.45, 2.75) is 27.3 Å². The fraction of sp³-hybridized carbons (Fsp3) is 0.286. The van der Waals surface area contributed by atoms with E-state index in [4.69, 9.17) is 0 Å². The third kappa shape index (κ3) is 3.20. The highest BCUT2D eigenvalue weighted by atomic mass is 16.2. The number of H-pyrrole nitrogens is 1. The molecule has 1 aromatic heterocycles. The summed E-state index contributed by atoms with van der Waals surface area (Å²) in [6.07, 6.45) is 1.44. The molecule has 18 heavy (non-hydrogen) atoms. The fourth-order valence-corrected chi connectivity index (χ4v) is 1.52. The van der Waals surface area contributed by atoms with Gasteiger partial charge in [0.15, 0.2) is 0 Å². The van der Waals surface area contributed by atoms with E-state index in [0.717, 1.165) is 5.56 Å². The van der Waals surface area contributed by atoms with Gasteiger partial charge >= 0.3 is 5.69 Å². The van der Waals surface area contributed by atoms with E-state index < -0.39 is 0 Å². The highest BCUT2D eigenvalue weighted by Crippen LogP contribution is 1.98. The first-order valence-corrected chi connectivity index (χ1v) is 6.01. The molecule has 1 aromatic carbocycles. The van der Waals surface area contributed by atoms with E-state index in [1.807, 2.05) is 44.2 Å². The molecule has 1 heterocycles. The molecule has 4 nitrogen and oxygen atoms in total. The number of rotatable bonds is 2. The molecule has 0 radical (unpaired) electrons. The Kier molecular flexibility index (Phi) is 5.11. The summed E-state index contributed by atoms with van der Waals surface area (Å²) in [4.78, 5) is 25.8. The maximum atomic E-state index is 11.7. The lowest BCUT2D eigenvalue weighted by Gasteiger charge is -2.04. The van der Waals surface area contributed by atoms with Crippen LogP contribution in [0.4, 0.5) is 0 Å². The summed E-state index contributed by atoms with van der Waals surface area (Å²) in [6.45, 7) is 5.98. The number of nitrogens with zero attached hydrogens (tertiary/aromatic N) is 1.